The summed E-state index contributed by atoms with van der Waals surface area (Å²) in [6.45, 7) is 7.14. The minimum absolute atomic E-state index is 0.110. The lowest BCUT2D eigenvalue weighted by molar-refractivity contribution is 0.464. The minimum atomic E-state index is 0.110. The second-order valence-electron chi connectivity index (χ2n) is 4.93. The molecular weight excluding hydrogens is 274 g/mol. The molecule has 6 heteroatoms. The Balaban J connectivity index is 2.21. The zero-order valence-corrected chi connectivity index (χ0v) is 12.8. The predicted octanol–water partition coefficient (Wildman–Crippen LogP) is 2.80. The minimum Gasteiger partial charge on any atom is -0.309 e. The molecule has 0 amide bonds. The van der Waals surface area contributed by atoms with Gasteiger partial charge in [-0.25, -0.2) is 9.67 Å². The van der Waals surface area contributed by atoms with E-state index in [4.69, 9.17) is 11.6 Å². The van der Waals surface area contributed by atoms with Crippen molar-refractivity contribution in [1.82, 2.24) is 25.1 Å². The summed E-state index contributed by atoms with van der Waals surface area (Å²) < 4.78 is 1.94. The normalized spacial score (nSPS) is 12.8. The van der Waals surface area contributed by atoms with Crippen LogP contribution in [-0.2, 0) is 6.42 Å². The van der Waals surface area contributed by atoms with Crippen LogP contribution in [0.5, 0.6) is 0 Å². The van der Waals surface area contributed by atoms with Crippen LogP contribution in [0.1, 0.15) is 44.4 Å². The van der Waals surface area contributed by atoms with Gasteiger partial charge in [0.2, 0.25) is 0 Å². The third kappa shape index (κ3) is 3.55. The average molecular weight is 294 g/mol. The highest BCUT2D eigenvalue weighted by Crippen LogP contribution is 2.18. The van der Waals surface area contributed by atoms with Crippen molar-refractivity contribution in [2.45, 2.75) is 39.3 Å². The van der Waals surface area contributed by atoms with Crippen LogP contribution in [0.25, 0.3) is 0 Å². The van der Waals surface area contributed by atoms with Gasteiger partial charge in [-0.15, -0.1) is 0 Å². The zero-order valence-electron chi connectivity index (χ0n) is 12.0. The largest absolute Gasteiger partial charge is 0.309 e. The van der Waals surface area contributed by atoms with E-state index in [9.17, 15) is 0 Å². The van der Waals surface area contributed by atoms with Crippen molar-refractivity contribution >= 4 is 11.6 Å². The van der Waals surface area contributed by atoms with E-state index < -0.39 is 0 Å². The van der Waals surface area contributed by atoms with Crippen molar-refractivity contribution in [3.8, 4) is 0 Å². The monoisotopic (exact) mass is 293 g/mol. The van der Waals surface area contributed by atoms with Gasteiger partial charge in [0, 0.05) is 18.7 Å². The van der Waals surface area contributed by atoms with Gasteiger partial charge >= 0.3 is 0 Å². The van der Waals surface area contributed by atoms with E-state index in [2.05, 4.69) is 41.2 Å². The Labute approximate surface area is 124 Å². The first-order valence-electron chi connectivity index (χ1n) is 6.85. The van der Waals surface area contributed by atoms with E-state index in [0.717, 1.165) is 24.5 Å². The van der Waals surface area contributed by atoms with E-state index in [-0.39, 0.29) is 6.04 Å². The smallest absolute Gasteiger partial charge is 0.138 e. The number of nitrogens with zero attached hydrogens (tertiary/aromatic N) is 4. The van der Waals surface area contributed by atoms with Gasteiger partial charge < -0.3 is 5.32 Å². The Bertz CT molecular complexity index is 535. The quantitative estimate of drug-likeness (QED) is 0.890. The van der Waals surface area contributed by atoms with E-state index in [1.54, 1.807) is 12.5 Å². The van der Waals surface area contributed by atoms with Gasteiger partial charge in [-0.3, -0.25) is 4.98 Å². The number of hydrogen-bond acceptors (Lipinski definition) is 4. The third-order valence-corrected chi connectivity index (χ3v) is 3.30. The van der Waals surface area contributed by atoms with Crippen LogP contribution in [0.2, 0.25) is 5.02 Å². The number of pyridine rings is 1. The molecule has 0 saturated carbocycles. The molecule has 2 aromatic rings. The number of likely N-dealkylation sites (N-methyl/N-ethyl adjacent to an activating group) is 1. The van der Waals surface area contributed by atoms with Crippen molar-refractivity contribution in [1.29, 1.82) is 0 Å². The molecule has 108 valence electrons. The molecule has 1 unspecified atom stereocenters. The van der Waals surface area contributed by atoms with Crippen LogP contribution < -0.4 is 5.32 Å². The fraction of sp³-hybridized carbons (Fsp3) is 0.500. The van der Waals surface area contributed by atoms with E-state index in [0.29, 0.717) is 11.1 Å². The summed E-state index contributed by atoms with van der Waals surface area (Å²) in [5.41, 5.74) is 0.967. The van der Waals surface area contributed by atoms with Crippen molar-refractivity contribution in [2.75, 3.05) is 6.54 Å². The maximum Gasteiger partial charge on any atom is 0.138 e. The Kier molecular flexibility index (Phi) is 5.09. The van der Waals surface area contributed by atoms with Crippen LogP contribution >= 0.6 is 11.6 Å². The molecule has 5 nitrogen and oxygen atoms in total. The van der Waals surface area contributed by atoms with Gasteiger partial charge in [0.15, 0.2) is 0 Å². The lowest BCUT2D eigenvalue weighted by atomic mass is 10.1. The summed E-state index contributed by atoms with van der Waals surface area (Å²) in [6.07, 6.45) is 4.03. The highest BCUT2D eigenvalue weighted by molar-refractivity contribution is 6.30. The summed E-state index contributed by atoms with van der Waals surface area (Å²) >= 11 is 5.89. The maximum absolute atomic E-state index is 5.89. The van der Waals surface area contributed by atoms with Gasteiger partial charge in [-0.05, 0) is 32.5 Å². The van der Waals surface area contributed by atoms with Crippen LogP contribution in [0.15, 0.2) is 24.7 Å². The van der Waals surface area contributed by atoms with Crippen molar-refractivity contribution in [3.05, 3.63) is 41.2 Å². The Morgan fingerprint density at radius 3 is 2.70 bits per heavy atom. The van der Waals surface area contributed by atoms with Crippen LogP contribution in [0, 0.1) is 0 Å². The van der Waals surface area contributed by atoms with Gasteiger partial charge in [-0.1, -0.05) is 18.5 Å². The molecule has 0 aliphatic carbocycles. The summed E-state index contributed by atoms with van der Waals surface area (Å²) in [5.74, 6) is 0.961. The molecule has 20 heavy (non-hydrogen) atoms. The lowest BCUT2D eigenvalue weighted by Gasteiger charge is -2.18. The second-order valence-corrected chi connectivity index (χ2v) is 5.37. The molecule has 0 aliphatic heterocycles. The maximum atomic E-state index is 5.89. The van der Waals surface area contributed by atoms with Crippen molar-refractivity contribution in [2.24, 2.45) is 0 Å². The molecule has 0 spiro atoms. The molecule has 0 bridgehead atoms. The fourth-order valence-electron chi connectivity index (χ4n) is 2.16. The standard InChI is InChI=1S/C14H20ClN5/c1-4-16-13(12-6-5-11(15)8-17-12)7-14-18-9-19-20(14)10(2)3/h5-6,8-10,13,16H,4,7H2,1-3H3. The van der Waals surface area contributed by atoms with Crippen molar-refractivity contribution < 1.29 is 0 Å². The predicted molar refractivity (Wildman–Crippen MR) is 79.8 cm³/mol. The SMILES string of the molecule is CCNC(Cc1ncnn1C(C)C)c1ccc(Cl)cn1. The molecule has 2 aromatic heterocycles. The molecule has 0 aliphatic rings. The number of nitrogens with one attached hydrogen (secondary N) is 1. The lowest BCUT2D eigenvalue weighted by Crippen LogP contribution is -2.25. The highest BCUT2D eigenvalue weighted by atomic mass is 35.5. The van der Waals surface area contributed by atoms with Gasteiger partial charge in [-0.2, -0.15) is 5.10 Å². The molecule has 0 radical (unpaired) electrons. The Morgan fingerprint density at radius 2 is 2.10 bits per heavy atom. The highest BCUT2D eigenvalue weighted by Gasteiger charge is 2.17. The number of aromatic nitrogens is 4. The average Bonchev–Trinajstić information content (AvgIpc) is 2.87. The molecule has 0 fully saturated rings. The van der Waals surface area contributed by atoms with E-state index in [1.165, 1.54) is 0 Å². The Hall–Kier alpha value is -1.46. The van der Waals surface area contributed by atoms with Crippen LogP contribution in [0.4, 0.5) is 0 Å². The number of hydrogen-bond donors (Lipinski definition) is 1. The first kappa shape index (κ1) is 14.9. The molecule has 2 heterocycles. The van der Waals surface area contributed by atoms with E-state index in [1.807, 2.05) is 16.8 Å². The number of halogens is 1. The second kappa shape index (κ2) is 6.81. The van der Waals surface area contributed by atoms with Gasteiger partial charge in [0.25, 0.3) is 0 Å². The summed E-state index contributed by atoms with van der Waals surface area (Å²) in [6, 6.07) is 4.22. The first-order chi connectivity index (χ1) is 9.61. The summed E-state index contributed by atoms with van der Waals surface area (Å²) in [4.78, 5) is 8.76. The topological polar surface area (TPSA) is 55.6 Å². The molecule has 1 atom stereocenters. The van der Waals surface area contributed by atoms with Crippen molar-refractivity contribution in [3.63, 3.8) is 0 Å². The summed E-state index contributed by atoms with van der Waals surface area (Å²) in [7, 11) is 0. The van der Waals surface area contributed by atoms with Crippen LogP contribution in [0.3, 0.4) is 0 Å². The number of rotatable bonds is 6. The molecule has 1 N–H and O–H groups in total. The van der Waals surface area contributed by atoms with Gasteiger partial charge in [0.1, 0.15) is 12.2 Å². The molecule has 0 saturated heterocycles. The van der Waals surface area contributed by atoms with Gasteiger partial charge in [0.05, 0.1) is 16.8 Å². The first-order valence-corrected chi connectivity index (χ1v) is 7.22. The summed E-state index contributed by atoms with van der Waals surface area (Å²) in [5, 5.41) is 8.36. The fourth-order valence-corrected chi connectivity index (χ4v) is 2.27. The van der Waals surface area contributed by atoms with Crippen LogP contribution in [-0.4, -0.2) is 26.3 Å². The molecule has 0 aromatic carbocycles. The molecular formula is C14H20ClN5. The third-order valence-electron chi connectivity index (χ3n) is 3.08. The Morgan fingerprint density at radius 1 is 1.30 bits per heavy atom. The van der Waals surface area contributed by atoms with E-state index >= 15 is 0 Å². The molecule has 2 rings (SSSR count). The zero-order chi connectivity index (χ0) is 14.5.